The number of urea groups is 1. The van der Waals surface area contributed by atoms with Crippen molar-refractivity contribution in [3.63, 3.8) is 0 Å². The highest BCUT2D eigenvalue weighted by atomic mass is 16.5. The van der Waals surface area contributed by atoms with Crippen molar-refractivity contribution in [2.75, 3.05) is 42.6 Å². The Kier molecular flexibility index (Phi) is 5.45. The lowest BCUT2D eigenvalue weighted by Gasteiger charge is -2.34. The average Bonchev–Trinajstić information content (AvgIpc) is 2.72. The Balaban J connectivity index is 1.53. The van der Waals surface area contributed by atoms with Crippen LogP contribution < -0.4 is 15.1 Å². The molecule has 2 aromatic carbocycles. The lowest BCUT2D eigenvalue weighted by molar-refractivity contribution is -0.120. The van der Waals surface area contributed by atoms with Gasteiger partial charge in [0.25, 0.3) is 0 Å². The van der Waals surface area contributed by atoms with Crippen LogP contribution in [0.5, 0.6) is 0 Å². The molecule has 2 fully saturated rings. The molecule has 2 N–H and O–H groups in total. The van der Waals surface area contributed by atoms with E-state index in [4.69, 9.17) is 9.84 Å². The smallest absolute Gasteiger partial charge is 0.328 e. The molecule has 2 aromatic rings. The van der Waals surface area contributed by atoms with Gasteiger partial charge in [0.1, 0.15) is 0 Å². The van der Waals surface area contributed by atoms with Gasteiger partial charge in [-0.15, -0.1) is 0 Å². The van der Waals surface area contributed by atoms with Crippen LogP contribution in [0.2, 0.25) is 0 Å². The number of imide groups is 1. The fraction of sp³-hybridized carbons (Fsp3) is 0.429. The summed E-state index contributed by atoms with van der Waals surface area (Å²) in [5.74, 6) is -0.227. The van der Waals surface area contributed by atoms with Crippen molar-refractivity contribution in [2.24, 2.45) is 0 Å². The first-order valence-corrected chi connectivity index (χ1v) is 9.77. The molecule has 2 saturated heterocycles. The van der Waals surface area contributed by atoms with Crippen molar-refractivity contribution in [3.05, 3.63) is 36.4 Å². The highest BCUT2D eigenvalue weighted by molar-refractivity contribution is 6.10. The van der Waals surface area contributed by atoms with Crippen LogP contribution >= 0.6 is 0 Å². The van der Waals surface area contributed by atoms with Crippen LogP contribution in [0.3, 0.4) is 0 Å². The zero-order chi connectivity index (χ0) is 19.5. The predicted octanol–water partition coefficient (Wildman–Crippen LogP) is 2.26. The van der Waals surface area contributed by atoms with E-state index in [1.165, 1.54) is 0 Å². The maximum atomic E-state index is 12.2. The van der Waals surface area contributed by atoms with Gasteiger partial charge >= 0.3 is 6.03 Å². The molecule has 28 heavy (non-hydrogen) atoms. The number of nitrogens with one attached hydrogen (secondary N) is 1. The van der Waals surface area contributed by atoms with Crippen LogP contribution in [0.4, 0.5) is 16.2 Å². The van der Waals surface area contributed by atoms with Crippen LogP contribution in [0.15, 0.2) is 36.4 Å². The molecule has 0 aromatic heterocycles. The first-order chi connectivity index (χ1) is 13.7. The first-order valence-electron chi connectivity index (χ1n) is 9.77. The molecule has 2 aliphatic rings. The SMILES string of the molecule is O=C1CCN(c2cccc3cc(N4CCC(OCCO)CC4)ccc23)C(=O)N1. The molecule has 2 aliphatic heterocycles. The van der Waals surface area contributed by atoms with E-state index in [2.05, 4.69) is 28.4 Å². The Morgan fingerprint density at radius 2 is 1.93 bits per heavy atom. The van der Waals surface area contributed by atoms with Gasteiger partial charge < -0.3 is 14.7 Å². The minimum absolute atomic E-state index is 0.0659. The van der Waals surface area contributed by atoms with Gasteiger partial charge in [-0.1, -0.05) is 18.2 Å². The van der Waals surface area contributed by atoms with Crippen LogP contribution in [0.1, 0.15) is 19.3 Å². The fourth-order valence-electron chi connectivity index (χ4n) is 3.98. The monoisotopic (exact) mass is 383 g/mol. The number of anilines is 2. The summed E-state index contributed by atoms with van der Waals surface area (Å²) < 4.78 is 5.64. The highest BCUT2D eigenvalue weighted by Gasteiger charge is 2.25. The third-order valence-corrected chi connectivity index (χ3v) is 5.44. The number of piperidine rings is 1. The minimum atomic E-state index is -0.363. The van der Waals surface area contributed by atoms with E-state index in [1.807, 2.05) is 18.2 Å². The summed E-state index contributed by atoms with van der Waals surface area (Å²) >= 11 is 0. The quantitative estimate of drug-likeness (QED) is 0.828. The maximum absolute atomic E-state index is 12.2. The average molecular weight is 383 g/mol. The number of fused-ring (bicyclic) bond motifs is 1. The summed E-state index contributed by atoms with van der Waals surface area (Å²) in [7, 11) is 0. The van der Waals surface area contributed by atoms with E-state index in [0.717, 1.165) is 48.1 Å². The van der Waals surface area contributed by atoms with Gasteiger partial charge in [-0.25, -0.2) is 4.79 Å². The van der Waals surface area contributed by atoms with Crippen LogP contribution in [0.25, 0.3) is 10.8 Å². The zero-order valence-corrected chi connectivity index (χ0v) is 15.8. The van der Waals surface area contributed by atoms with Crippen molar-refractivity contribution in [3.8, 4) is 0 Å². The van der Waals surface area contributed by atoms with Gasteiger partial charge in [-0.2, -0.15) is 0 Å². The summed E-state index contributed by atoms with van der Waals surface area (Å²) in [5.41, 5.74) is 1.98. The lowest BCUT2D eigenvalue weighted by atomic mass is 10.0. The number of amides is 3. The number of carbonyl (C=O) groups excluding carboxylic acids is 2. The molecule has 0 aliphatic carbocycles. The molecule has 2 heterocycles. The van der Waals surface area contributed by atoms with E-state index in [0.29, 0.717) is 19.6 Å². The minimum Gasteiger partial charge on any atom is -0.394 e. The number of rotatable bonds is 5. The largest absolute Gasteiger partial charge is 0.394 e. The third kappa shape index (κ3) is 3.81. The molecule has 0 bridgehead atoms. The Morgan fingerprint density at radius 1 is 1.11 bits per heavy atom. The molecule has 0 saturated carbocycles. The molecular weight excluding hydrogens is 358 g/mol. The van der Waals surface area contributed by atoms with Crippen LogP contribution in [-0.2, 0) is 9.53 Å². The van der Waals surface area contributed by atoms with Gasteiger partial charge in [0, 0.05) is 37.1 Å². The summed E-state index contributed by atoms with van der Waals surface area (Å²) in [4.78, 5) is 27.6. The Morgan fingerprint density at radius 3 is 2.68 bits per heavy atom. The van der Waals surface area contributed by atoms with E-state index >= 15 is 0 Å². The fourth-order valence-corrected chi connectivity index (χ4v) is 3.98. The number of hydrogen-bond donors (Lipinski definition) is 2. The Hall–Kier alpha value is -2.64. The van der Waals surface area contributed by atoms with Gasteiger partial charge in [0.15, 0.2) is 0 Å². The molecule has 7 heteroatoms. The first kappa shape index (κ1) is 18.7. The molecular formula is C21H25N3O4. The lowest BCUT2D eigenvalue weighted by Crippen LogP contribution is -2.49. The predicted molar refractivity (Wildman–Crippen MR) is 108 cm³/mol. The topological polar surface area (TPSA) is 82.1 Å². The summed E-state index contributed by atoms with van der Waals surface area (Å²) in [6.45, 7) is 2.69. The number of carbonyl (C=O) groups is 2. The standard InChI is InChI=1S/C21H25N3O4/c25-12-13-28-17-6-9-23(10-7-17)16-4-5-18-15(14-16)2-1-3-19(18)24-11-8-20(26)22-21(24)27/h1-5,14,17,25H,6-13H2,(H,22,26,27). The van der Waals surface area contributed by atoms with Crippen LogP contribution in [-0.4, -0.2) is 56.0 Å². The Bertz CT molecular complexity index is 877. The van der Waals surface area contributed by atoms with E-state index < -0.39 is 0 Å². The second-order valence-electron chi connectivity index (χ2n) is 7.22. The van der Waals surface area contributed by atoms with Crippen molar-refractivity contribution in [2.45, 2.75) is 25.4 Å². The van der Waals surface area contributed by atoms with E-state index in [1.54, 1.807) is 4.90 Å². The van der Waals surface area contributed by atoms with Crippen molar-refractivity contribution < 1.29 is 19.4 Å². The number of ether oxygens (including phenoxy) is 1. The zero-order valence-electron chi connectivity index (χ0n) is 15.8. The summed E-state index contributed by atoms with van der Waals surface area (Å²) in [6, 6.07) is 11.8. The van der Waals surface area contributed by atoms with Crippen molar-refractivity contribution in [1.82, 2.24) is 5.32 Å². The number of hydrogen-bond acceptors (Lipinski definition) is 5. The van der Waals surface area contributed by atoms with E-state index in [-0.39, 0.29) is 24.6 Å². The molecule has 0 spiro atoms. The van der Waals surface area contributed by atoms with E-state index in [9.17, 15) is 9.59 Å². The third-order valence-electron chi connectivity index (χ3n) is 5.44. The summed E-state index contributed by atoms with van der Waals surface area (Å²) in [5, 5.41) is 13.3. The van der Waals surface area contributed by atoms with Crippen molar-refractivity contribution >= 4 is 34.1 Å². The van der Waals surface area contributed by atoms with Gasteiger partial charge in [-0.05, 0) is 36.4 Å². The van der Waals surface area contributed by atoms with Gasteiger partial charge in [0.05, 0.1) is 25.0 Å². The van der Waals surface area contributed by atoms with Gasteiger partial charge in [0.2, 0.25) is 5.91 Å². The van der Waals surface area contributed by atoms with Crippen molar-refractivity contribution in [1.29, 1.82) is 0 Å². The number of aliphatic hydroxyl groups excluding tert-OH is 1. The highest BCUT2D eigenvalue weighted by Crippen LogP contribution is 2.32. The van der Waals surface area contributed by atoms with Gasteiger partial charge in [-0.3, -0.25) is 15.0 Å². The second kappa shape index (κ2) is 8.16. The molecule has 3 amide bonds. The Labute approximate surface area is 163 Å². The molecule has 0 radical (unpaired) electrons. The summed E-state index contributed by atoms with van der Waals surface area (Å²) in [6.07, 6.45) is 2.42. The normalized spacial score (nSPS) is 18.6. The number of nitrogens with zero attached hydrogens (tertiary/aromatic N) is 2. The van der Waals surface area contributed by atoms with Crippen LogP contribution in [0, 0.1) is 0 Å². The number of benzene rings is 2. The second-order valence-corrected chi connectivity index (χ2v) is 7.22. The molecule has 4 rings (SSSR count). The maximum Gasteiger partial charge on any atom is 0.328 e. The molecule has 148 valence electrons. The molecule has 0 atom stereocenters. The molecule has 0 unspecified atom stereocenters. The molecule has 7 nitrogen and oxygen atoms in total. The number of aliphatic hydroxyl groups is 1.